The molecule has 0 aliphatic carbocycles. The van der Waals surface area contributed by atoms with Gasteiger partial charge in [0.1, 0.15) is 11.2 Å². The Kier molecular flexibility index (Phi) is 5.07. The molecule has 3 heterocycles. The van der Waals surface area contributed by atoms with Gasteiger partial charge in [0.25, 0.3) is 0 Å². The predicted octanol–water partition coefficient (Wildman–Crippen LogP) is 10.9. The molecule has 3 nitrogen and oxygen atoms in total. The molecule has 4 heteroatoms. The number of para-hydroxylation sites is 1. The van der Waals surface area contributed by atoms with Crippen LogP contribution in [0.15, 0.2) is 138 Å². The molecule has 0 N–H and O–H groups in total. The molecule has 0 saturated carbocycles. The van der Waals surface area contributed by atoms with Crippen molar-refractivity contribution in [2.24, 2.45) is 0 Å². The van der Waals surface area contributed by atoms with Gasteiger partial charge < -0.3 is 4.42 Å². The first-order valence-corrected chi connectivity index (χ1v) is 14.8. The SMILES string of the molecule is c1ccc(-c2cc(-c3ccccc3)nc(-c3cc4ccc5sc6ccccc6c5c4c4oc5ccccc5c34)n2)cc1. The van der Waals surface area contributed by atoms with Crippen LogP contribution in [-0.2, 0) is 0 Å². The van der Waals surface area contributed by atoms with Crippen molar-refractivity contribution in [2.75, 3.05) is 0 Å². The third-order valence-corrected chi connectivity index (χ3v) is 9.21. The molecule has 0 aliphatic heterocycles. The van der Waals surface area contributed by atoms with E-state index in [0.29, 0.717) is 5.82 Å². The molecule has 0 aliphatic rings. The average Bonchev–Trinajstić information content (AvgIpc) is 3.64. The number of thiophene rings is 1. The van der Waals surface area contributed by atoms with E-state index < -0.39 is 0 Å². The van der Waals surface area contributed by atoms with Crippen LogP contribution in [-0.4, -0.2) is 9.97 Å². The molecule has 6 aromatic carbocycles. The summed E-state index contributed by atoms with van der Waals surface area (Å²) in [5.74, 6) is 0.684. The maximum atomic E-state index is 6.73. The zero-order chi connectivity index (χ0) is 27.6. The van der Waals surface area contributed by atoms with Gasteiger partial charge in [0, 0.05) is 53.0 Å². The summed E-state index contributed by atoms with van der Waals surface area (Å²) in [6.45, 7) is 0. The molecule has 3 aromatic heterocycles. The lowest BCUT2D eigenvalue weighted by Gasteiger charge is -2.12. The second-order valence-electron chi connectivity index (χ2n) is 10.6. The van der Waals surface area contributed by atoms with Crippen LogP contribution in [0.1, 0.15) is 0 Å². The topological polar surface area (TPSA) is 38.9 Å². The summed E-state index contributed by atoms with van der Waals surface area (Å²) in [5.41, 5.74) is 6.60. The number of fused-ring (bicyclic) bond motifs is 9. The van der Waals surface area contributed by atoms with Crippen LogP contribution in [0.25, 0.3) is 86.8 Å². The zero-order valence-corrected chi connectivity index (χ0v) is 23.2. The van der Waals surface area contributed by atoms with Crippen LogP contribution in [0.2, 0.25) is 0 Å². The first-order valence-electron chi connectivity index (χ1n) is 14.0. The largest absolute Gasteiger partial charge is 0.455 e. The quantitative estimate of drug-likeness (QED) is 0.218. The molecule has 0 atom stereocenters. The van der Waals surface area contributed by atoms with E-state index >= 15 is 0 Å². The molecule has 0 unspecified atom stereocenters. The third kappa shape index (κ3) is 3.52. The lowest BCUT2D eigenvalue weighted by molar-refractivity contribution is 0.673. The van der Waals surface area contributed by atoms with Crippen LogP contribution < -0.4 is 0 Å². The number of nitrogens with zero attached hydrogens (tertiary/aromatic N) is 2. The van der Waals surface area contributed by atoms with E-state index in [9.17, 15) is 0 Å². The predicted molar refractivity (Wildman–Crippen MR) is 176 cm³/mol. The van der Waals surface area contributed by atoms with E-state index in [0.717, 1.165) is 60.8 Å². The first kappa shape index (κ1) is 23.4. The number of aromatic nitrogens is 2. The molecule has 0 bridgehead atoms. The van der Waals surface area contributed by atoms with E-state index in [1.807, 2.05) is 59.9 Å². The van der Waals surface area contributed by atoms with Gasteiger partial charge in [0.15, 0.2) is 5.82 Å². The van der Waals surface area contributed by atoms with Crippen molar-refractivity contribution in [1.29, 1.82) is 0 Å². The lowest BCUT2D eigenvalue weighted by Crippen LogP contribution is -1.96. The number of hydrogen-bond acceptors (Lipinski definition) is 4. The van der Waals surface area contributed by atoms with Gasteiger partial charge in [0.05, 0.1) is 11.4 Å². The van der Waals surface area contributed by atoms with Gasteiger partial charge in [-0.25, -0.2) is 9.97 Å². The summed E-state index contributed by atoms with van der Waals surface area (Å²) in [6.07, 6.45) is 0. The van der Waals surface area contributed by atoms with Gasteiger partial charge in [-0.15, -0.1) is 11.3 Å². The Morgan fingerprint density at radius 2 is 1.14 bits per heavy atom. The molecular formula is C38H22N2OS. The summed E-state index contributed by atoms with van der Waals surface area (Å²) in [7, 11) is 0. The Balaban J connectivity index is 1.44. The highest BCUT2D eigenvalue weighted by molar-refractivity contribution is 7.26. The number of benzene rings is 6. The van der Waals surface area contributed by atoms with Crippen molar-refractivity contribution in [3.63, 3.8) is 0 Å². The molecule has 0 fully saturated rings. The van der Waals surface area contributed by atoms with Crippen LogP contribution in [0.5, 0.6) is 0 Å². The summed E-state index contributed by atoms with van der Waals surface area (Å²) < 4.78 is 9.27. The summed E-state index contributed by atoms with van der Waals surface area (Å²) in [4.78, 5) is 10.4. The molecule has 9 rings (SSSR count). The summed E-state index contributed by atoms with van der Waals surface area (Å²) in [5, 5.41) is 6.87. The fourth-order valence-corrected chi connectivity index (χ4v) is 7.29. The summed E-state index contributed by atoms with van der Waals surface area (Å²) in [6, 6.07) is 46.4. The highest BCUT2D eigenvalue weighted by Gasteiger charge is 2.22. The van der Waals surface area contributed by atoms with Gasteiger partial charge in [-0.05, 0) is 35.7 Å². The van der Waals surface area contributed by atoms with Gasteiger partial charge >= 0.3 is 0 Å². The highest BCUT2D eigenvalue weighted by Crippen LogP contribution is 2.46. The fraction of sp³-hybridized carbons (Fsp3) is 0. The number of furan rings is 1. The summed E-state index contributed by atoms with van der Waals surface area (Å²) >= 11 is 1.83. The number of hydrogen-bond donors (Lipinski definition) is 0. The van der Waals surface area contributed by atoms with Gasteiger partial charge in [-0.3, -0.25) is 0 Å². The van der Waals surface area contributed by atoms with Gasteiger partial charge in [-0.1, -0.05) is 103 Å². The number of rotatable bonds is 3. The molecule has 196 valence electrons. The molecule has 42 heavy (non-hydrogen) atoms. The Morgan fingerprint density at radius 1 is 0.500 bits per heavy atom. The smallest absolute Gasteiger partial charge is 0.161 e. The van der Waals surface area contributed by atoms with Crippen molar-refractivity contribution >= 4 is 64.2 Å². The minimum absolute atomic E-state index is 0.684. The van der Waals surface area contributed by atoms with Crippen molar-refractivity contribution in [3.8, 4) is 33.9 Å². The average molecular weight is 555 g/mol. The van der Waals surface area contributed by atoms with Crippen molar-refractivity contribution in [1.82, 2.24) is 9.97 Å². The minimum atomic E-state index is 0.684. The van der Waals surface area contributed by atoms with E-state index in [1.54, 1.807) is 0 Å². The second-order valence-corrected chi connectivity index (χ2v) is 11.6. The Morgan fingerprint density at radius 3 is 1.88 bits per heavy atom. The van der Waals surface area contributed by atoms with Crippen molar-refractivity contribution in [2.45, 2.75) is 0 Å². The van der Waals surface area contributed by atoms with Crippen molar-refractivity contribution < 1.29 is 4.42 Å². The molecule has 0 spiro atoms. The Hall–Kier alpha value is -5.32. The van der Waals surface area contributed by atoms with Crippen LogP contribution in [0.3, 0.4) is 0 Å². The van der Waals surface area contributed by atoms with Crippen LogP contribution in [0.4, 0.5) is 0 Å². The highest BCUT2D eigenvalue weighted by atomic mass is 32.1. The van der Waals surface area contributed by atoms with E-state index in [4.69, 9.17) is 14.4 Å². The monoisotopic (exact) mass is 554 g/mol. The van der Waals surface area contributed by atoms with E-state index in [-0.39, 0.29) is 0 Å². The molecule has 0 radical (unpaired) electrons. The normalized spacial score (nSPS) is 11.8. The zero-order valence-electron chi connectivity index (χ0n) is 22.4. The molecule has 9 aromatic rings. The molecule has 0 amide bonds. The maximum Gasteiger partial charge on any atom is 0.161 e. The van der Waals surface area contributed by atoms with Gasteiger partial charge in [0.2, 0.25) is 0 Å². The van der Waals surface area contributed by atoms with Gasteiger partial charge in [-0.2, -0.15) is 0 Å². The maximum absolute atomic E-state index is 6.73. The van der Waals surface area contributed by atoms with E-state index in [2.05, 4.69) is 84.9 Å². The van der Waals surface area contributed by atoms with Crippen LogP contribution in [0, 0.1) is 0 Å². The Labute approximate surface area is 245 Å². The Bertz CT molecular complexity index is 2400. The molecular weight excluding hydrogens is 532 g/mol. The third-order valence-electron chi connectivity index (χ3n) is 8.07. The standard InChI is InChI=1S/C38H22N2OS/c1-3-11-23(12-4-1)29-22-30(24-13-5-2-6-14-24)40-38(39-29)28-21-25-19-20-33-36(27-16-8-10-18-32(27)42-33)34(25)37-35(28)26-15-7-9-17-31(26)41-37/h1-22H. The fourth-order valence-electron chi connectivity index (χ4n) is 6.17. The minimum Gasteiger partial charge on any atom is -0.455 e. The van der Waals surface area contributed by atoms with Crippen LogP contribution >= 0.6 is 11.3 Å². The van der Waals surface area contributed by atoms with Crippen molar-refractivity contribution in [3.05, 3.63) is 133 Å². The molecule has 0 saturated heterocycles. The second kappa shape index (κ2) is 9.10. The first-order chi connectivity index (χ1) is 20.8. The lowest BCUT2D eigenvalue weighted by atomic mass is 9.96. The van der Waals surface area contributed by atoms with E-state index in [1.165, 1.54) is 20.2 Å².